The van der Waals surface area contributed by atoms with E-state index in [1.165, 1.54) is 5.56 Å². The van der Waals surface area contributed by atoms with Crippen LogP contribution in [0.15, 0.2) is 11.7 Å². The van der Waals surface area contributed by atoms with Crippen molar-refractivity contribution in [2.75, 3.05) is 11.2 Å². The predicted molar refractivity (Wildman–Crippen MR) is 70.6 cm³/mol. The molecule has 2 rings (SSSR count). The minimum absolute atomic E-state index is 0.331. The first kappa shape index (κ1) is 11.6. The number of hydrogen-bond acceptors (Lipinski definition) is 4. The van der Waals surface area contributed by atoms with E-state index in [-0.39, 0.29) is 0 Å². The molecule has 0 aromatic carbocycles. The topological polar surface area (TPSA) is 37.8 Å². The fourth-order valence-electron chi connectivity index (χ4n) is 1.54. The summed E-state index contributed by atoms with van der Waals surface area (Å²) in [4.78, 5) is 8.58. The smallest absolute Gasteiger partial charge is 0.147 e. The van der Waals surface area contributed by atoms with Gasteiger partial charge in [-0.3, -0.25) is 0 Å². The summed E-state index contributed by atoms with van der Waals surface area (Å²) in [5.74, 6) is 1.58. The zero-order valence-electron chi connectivity index (χ0n) is 9.33. The molecule has 16 heavy (non-hydrogen) atoms. The number of thiophene rings is 1. The molecular formula is C11H14ClN3S. The number of nitrogens with one attached hydrogen (secondary N) is 1. The lowest BCUT2D eigenvalue weighted by molar-refractivity contribution is 0.765. The molecule has 2 aromatic rings. The van der Waals surface area contributed by atoms with Gasteiger partial charge < -0.3 is 5.32 Å². The maximum Gasteiger partial charge on any atom is 0.147 e. The molecule has 86 valence electrons. The van der Waals surface area contributed by atoms with E-state index in [0.717, 1.165) is 22.5 Å². The molecule has 5 heteroatoms. The Morgan fingerprint density at radius 1 is 1.50 bits per heavy atom. The molecule has 0 saturated carbocycles. The number of aromatic nitrogens is 2. The third-order valence-corrected chi connectivity index (χ3v) is 3.77. The summed E-state index contributed by atoms with van der Waals surface area (Å²) in [5.41, 5.74) is 2.25. The van der Waals surface area contributed by atoms with Crippen molar-refractivity contribution >= 4 is 39.0 Å². The minimum Gasteiger partial charge on any atom is -0.366 e. The molecule has 0 aliphatic rings. The normalized spacial score (nSPS) is 12.9. The van der Waals surface area contributed by atoms with Crippen LogP contribution in [0.4, 0.5) is 5.82 Å². The fraction of sp³-hybridized carbons (Fsp3) is 0.455. The van der Waals surface area contributed by atoms with Crippen LogP contribution in [0.3, 0.4) is 0 Å². The van der Waals surface area contributed by atoms with Gasteiger partial charge >= 0.3 is 0 Å². The molecular weight excluding hydrogens is 242 g/mol. The maximum absolute atomic E-state index is 5.71. The molecule has 0 saturated heterocycles. The molecule has 0 aliphatic heterocycles. The highest BCUT2D eigenvalue weighted by atomic mass is 35.5. The third-order valence-electron chi connectivity index (χ3n) is 2.46. The highest BCUT2D eigenvalue weighted by Crippen LogP contribution is 2.28. The van der Waals surface area contributed by atoms with Crippen LogP contribution >= 0.6 is 22.9 Å². The quantitative estimate of drug-likeness (QED) is 0.851. The van der Waals surface area contributed by atoms with Gasteiger partial charge in [0.2, 0.25) is 0 Å². The van der Waals surface area contributed by atoms with Crippen LogP contribution in [0.1, 0.15) is 18.9 Å². The van der Waals surface area contributed by atoms with E-state index in [0.29, 0.717) is 11.9 Å². The van der Waals surface area contributed by atoms with Gasteiger partial charge in [-0.15, -0.1) is 22.9 Å². The molecule has 1 unspecified atom stereocenters. The van der Waals surface area contributed by atoms with Gasteiger partial charge in [0, 0.05) is 11.9 Å². The van der Waals surface area contributed by atoms with E-state index in [2.05, 4.69) is 34.5 Å². The third kappa shape index (κ3) is 2.28. The van der Waals surface area contributed by atoms with Gasteiger partial charge in [-0.05, 0) is 31.2 Å². The molecule has 1 atom stereocenters. The van der Waals surface area contributed by atoms with Gasteiger partial charge in [-0.25, -0.2) is 9.97 Å². The summed E-state index contributed by atoms with van der Waals surface area (Å²) in [6.45, 7) is 4.18. The average molecular weight is 256 g/mol. The van der Waals surface area contributed by atoms with Gasteiger partial charge in [0.25, 0.3) is 0 Å². The van der Waals surface area contributed by atoms with Gasteiger partial charge in [0.05, 0.1) is 10.2 Å². The first-order valence-corrected chi connectivity index (χ1v) is 6.65. The second-order valence-corrected chi connectivity index (χ2v) is 5.10. The molecule has 1 N–H and O–H groups in total. The van der Waals surface area contributed by atoms with Gasteiger partial charge in [-0.2, -0.15) is 0 Å². The van der Waals surface area contributed by atoms with Gasteiger partial charge in [0.15, 0.2) is 0 Å². The van der Waals surface area contributed by atoms with E-state index < -0.39 is 0 Å². The van der Waals surface area contributed by atoms with Crippen molar-refractivity contribution in [3.8, 4) is 0 Å². The number of anilines is 1. The summed E-state index contributed by atoms with van der Waals surface area (Å²) >= 11 is 7.39. The summed E-state index contributed by atoms with van der Waals surface area (Å²) < 4.78 is 1.13. The average Bonchev–Trinajstić information content (AvgIpc) is 2.62. The summed E-state index contributed by atoms with van der Waals surface area (Å²) in [7, 11) is 0. The Kier molecular flexibility index (Phi) is 3.61. The summed E-state index contributed by atoms with van der Waals surface area (Å²) in [6, 6.07) is 0.331. The number of rotatable bonds is 4. The molecule has 0 amide bonds. The number of fused-ring (bicyclic) bond motifs is 1. The second-order valence-electron chi connectivity index (χ2n) is 3.84. The fourth-order valence-corrected chi connectivity index (χ4v) is 2.82. The zero-order chi connectivity index (χ0) is 11.5. The van der Waals surface area contributed by atoms with Crippen LogP contribution in [0.25, 0.3) is 10.2 Å². The number of halogens is 1. The van der Waals surface area contributed by atoms with Crippen LogP contribution in [-0.2, 0) is 0 Å². The molecule has 2 heterocycles. The second kappa shape index (κ2) is 4.97. The lowest BCUT2D eigenvalue weighted by atomic mass is 10.2. The van der Waals surface area contributed by atoms with Crippen LogP contribution in [-0.4, -0.2) is 21.9 Å². The Morgan fingerprint density at radius 3 is 3.06 bits per heavy atom. The van der Waals surface area contributed by atoms with Gasteiger partial charge in [0.1, 0.15) is 12.1 Å². The van der Waals surface area contributed by atoms with Crippen molar-refractivity contribution < 1.29 is 0 Å². The number of hydrogen-bond donors (Lipinski definition) is 1. The van der Waals surface area contributed by atoms with Crippen molar-refractivity contribution in [2.24, 2.45) is 0 Å². The first-order valence-electron chi connectivity index (χ1n) is 5.23. The lowest BCUT2D eigenvalue weighted by Crippen LogP contribution is -2.16. The van der Waals surface area contributed by atoms with Crippen LogP contribution in [0, 0.1) is 6.92 Å². The number of aryl methyl sites for hydroxylation is 1. The monoisotopic (exact) mass is 255 g/mol. The largest absolute Gasteiger partial charge is 0.366 e. The van der Waals surface area contributed by atoms with E-state index in [1.807, 2.05) is 0 Å². The Balaban J connectivity index is 2.30. The molecule has 0 bridgehead atoms. The van der Waals surface area contributed by atoms with Crippen molar-refractivity contribution in [3.05, 3.63) is 17.3 Å². The Bertz CT molecular complexity index is 483. The Labute approximate surface area is 104 Å². The van der Waals surface area contributed by atoms with Crippen molar-refractivity contribution in [2.45, 2.75) is 26.3 Å². The standard InChI is InChI=1S/C11H14ClN3S/c1-7-5-16-10-9(7)13-6-14-11(10)15-8(2)3-4-12/h5-6,8H,3-4H2,1-2H3,(H,13,14,15). The number of alkyl halides is 1. The minimum atomic E-state index is 0.331. The maximum atomic E-state index is 5.71. The Hall–Kier alpha value is -0.870. The summed E-state index contributed by atoms with van der Waals surface area (Å²) in [5, 5.41) is 5.48. The van der Waals surface area contributed by atoms with E-state index in [9.17, 15) is 0 Å². The first-order chi connectivity index (χ1) is 7.72. The SMILES string of the molecule is Cc1csc2c(NC(C)CCCl)ncnc12. The van der Waals surface area contributed by atoms with E-state index in [4.69, 9.17) is 11.6 Å². The molecule has 2 aromatic heterocycles. The lowest BCUT2D eigenvalue weighted by Gasteiger charge is -2.12. The number of nitrogens with zero attached hydrogens (tertiary/aromatic N) is 2. The Morgan fingerprint density at radius 2 is 2.31 bits per heavy atom. The van der Waals surface area contributed by atoms with Crippen LogP contribution in [0.2, 0.25) is 0 Å². The predicted octanol–water partition coefficient (Wildman–Crippen LogP) is 3.43. The van der Waals surface area contributed by atoms with Crippen LogP contribution < -0.4 is 5.32 Å². The molecule has 0 fully saturated rings. The van der Waals surface area contributed by atoms with Gasteiger partial charge in [-0.1, -0.05) is 0 Å². The van der Waals surface area contributed by atoms with E-state index in [1.54, 1.807) is 17.7 Å². The van der Waals surface area contributed by atoms with Crippen molar-refractivity contribution in [1.82, 2.24) is 9.97 Å². The zero-order valence-corrected chi connectivity index (χ0v) is 10.9. The molecule has 0 aliphatic carbocycles. The highest BCUT2D eigenvalue weighted by molar-refractivity contribution is 7.18. The van der Waals surface area contributed by atoms with Crippen molar-refractivity contribution in [1.29, 1.82) is 0 Å². The van der Waals surface area contributed by atoms with Crippen LogP contribution in [0.5, 0.6) is 0 Å². The molecule has 0 radical (unpaired) electrons. The van der Waals surface area contributed by atoms with Crippen molar-refractivity contribution in [3.63, 3.8) is 0 Å². The molecule has 0 spiro atoms. The molecule has 3 nitrogen and oxygen atoms in total. The summed E-state index contributed by atoms with van der Waals surface area (Å²) in [6.07, 6.45) is 2.54. The highest BCUT2D eigenvalue weighted by Gasteiger charge is 2.09. The van der Waals surface area contributed by atoms with E-state index >= 15 is 0 Å².